The predicted octanol–water partition coefficient (Wildman–Crippen LogP) is 4.29. The number of rotatable bonds is 4. The van der Waals surface area contributed by atoms with E-state index in [2.05, 4.69) is 19.2 Å². The Labute approximate surface area is 108 Å². The van der Waals surface area contributed by atoms with Gasteiger partial charge in [-0.1, -0.05) is 50.6 Å². The van der Waals surface area contributed by atoms with E-state index in [1.165, 1.54) is 5.56 Å². The monoisotopic (exact) mass is 245 g/mol. The first-order chi connectivity index (χ1) is 8.69. The maximum absolute atomic E-state index is 13.8. The second kappa shape index (κ2) is 5.49. The molecular weight excluding hydrogens is 225 g/mol. The number of hydrogen-bond acceptors (Lipinski definition) is 1. The summed E-state index contributed by atoms with van der Waals surface area (Å²) in [5.41, 5.74) is 1.18. The third kappa shape index (κ3) is 2.25. The van der Waals surface area contributed by atoms with Gasteiger partial charge in [0.1, 0.15) is 5.82 Å². The lowest BCUT2D eigenvalue weighted by atomic mass is 9.89. The van der Waals surface area contributed by atoms with Gasteiger partial charge in [0.2, 0.25) is 0 Å². The molecule has 96 valence electrons. The molecule has 0 heterocycles. The van der Waals surface area contributed by atoms with Crippen LogP contribution in [0.4, 0.5) is 4.39 Å². The van der Waals surface area contributed by atoms with Crippen molar-refractivity contribution >= 4 is 10.8 Å². The zero-order chi connectivity index (χ0) is 13.1. The Morgan fingerprint density at radius 3 is 2.39 bits per heavy atom. The summed E-state index contributed by atoms with van der Waals surface area (Å²) >= 11 is 0. The minimum Gasteiger partial charge on any atom is -0.313 e. The first-order valence-corrected chi connectivity index (χ1v) is 6.53. The van der Waals surface area contributed by atoms with Crippen molar-refractivity contribution in [1.82, 2.24) is 5.32 Å². The number of nitrogens with one attached hydrogen (secondary N) is 1. The van der Waals surface area contributed by atoms with Crippen molar-refractivity contribution in [1.29, 1.82) is 0 Å². The average molecular weight is 245 g/mol. The second-order valence-corrected chi connectivity index (χ2v) is 4.83. The van der Waals surface area contributed by atoms with Crippen LogP contribution in [0.5, 0.6) is 0 Å². The molecule has 2 aromatic rings. The van der Waals surface area contributed by atoms with Crippen molar-refractivity contribution in [2.24, 2.45) is 5.92 Å². The van der Waals surface area contributed by atoms with Crippen LogP contribution in [0.2, 0.25) is 0 Å². The van der Waals surface area contributed by atoms with Crippen LogP contribution in [-0.2, 0) is 0 Å². The fourth-order valence-corrected chi connectivity index (χ4v) is 2.54. The second-order valence-electron chi connectivity index (χ2n) is 4.83. The van der Waals surface area contributed by atoms with Gasteiger partial charge in [-0.25, -0.2) is 4.39 Å². The first kappa shape index (κ1) is 13.0. The molecule has 2 heteroatoms. The van der Waals surface area contributed by atoms with Crippen molar-refractivity contribution in [2.45, 2.75) is 26.3 Å². The Balaban J connectivity index is 2.60. The Morgan fingerprint density at radius 2 is 1.78 bits per heavy atom. The average Bonchev–Trinajstić information content (AvgIpc) is 2.42. The van der Waals surface area contributed by atoms with Crippen molar-refractivity contribution in [3.8, 4) is 0 Å². The standard InChI is InChI=1S/C16H20FN/c1-4-11(2)16(18-3)14-9-10-15(17)13-8-6-5-7-12(13)14/h5-11,16,18H,4H2,1-3H3. The smallest absolute Gasteiger partial charge is 0.131 e. The number of halogens is 1. The third-order valence-electron chi connectivity index (χ3n) is 3.76. The van der Waals surface area contributed by atoms with E-state index in [0.29, 0.717) is 11.3 Å². The van der Waals surface area contributed by atoms with Crippen molar-refractivity contribution in [2.75, 3.05) is 7.05 Å². The van der Waals surface area contributed by atoms with Gasteiger partial charge in [-0.15, -0.1) is 0 Å². The minimum atomic E-state index is -0.145. The first-order valence-electron chi connectivity index (χ1n) is 6.53. The normalized spacial score (nSPS) is 14.7. The Hall–Kier alpha value is -1.41. The summed E-state index contributed by atoms with van der Waals surface area (Å²) in [5, 5.41) is 5.08. The van der Waals surface area contributed by atoms with Crippen molar-refractivity contribution in [3.63, 3.8) is 0 Å². The quantitative estimate of drug-likeness (QED) is 0.847. The van der Waals surface area contributed by atoms with Gasteiger partial charge in [-0.2, -0.15) is 0 Å². The molecule has 2 unspecified atom stereocenters. The molecule has 0 fully saturated rings. The molecule has 1 N–H and O–H groups in total. The molecule has 0 radical (unpaired) electrons. The van der Waals surface area contributed by atoms with Gasteiger partial charge in [0, 0.05) is 11.4 Å². The number of hydrogen-bond donors (Lipinski definition) is 1. The van der Waals surface area contributed by atoms with E-state index >= 15 is 0 Å². The molecule has 2 rings (SSSR count). The van der Waals surface area contributed by atoms with E-state index in [4.69, 9.17) is 0 Å². The molecule has 0 aromatic heterocycles. The van der Waals surface area contributed by atoms with Gasteiger partial charge in [0.15, 0.2) is 0 Å². The fraction of sp³-hybridized carbons (Fsp3) is 0.375. The summed E-state index contributed by atoms with van der Waals surface area (Å²) < 4.78 is 13.8. The van der Waals surface area contributed by atoms with Crippen LogP contribution >= 0.6 is 0 Å². The molecule has 2 aromatic carbocycles. The maximum Gasteiger partial charge on any atom is 0.131 e. The molecule has 0 aliphatic carbocycles. The summed E-state index contributed by atoms with van der Waals surface area (Å²) in [6.45, 7) is 4.40. The van der Waals surface area contributed by atoms with Gasteiger partial charge in [0.25, 0.3) is 0 Å². The molecule has 0 spiro atoms. The largest absolute Gasteiger partial charge is 0.313 e. The summed E-state index contributed by atoms with van der Waals surface area (Å²) in [4.78, 5) is 0. The number of fused-ring (bicyclic) bond motifs is 1. The Morgan fingerprint density at radius 1 is 1.11 bits per heavy atom. The molecular formula is C16H20FN. The number of benzene rings is 2. The van der Waals surface area contributed by atoms with Gasteiger partial charge in [-0.3, -0.25) is 0 Å². The molecule has 0 saturated carbocycles. The highest BCUT2D eigenvalue weighted by atomic mass is 19.1. The van der Waals surface area contributed by atoms with Crippen LogP contribution in [0.15, 0.2) is 36.4 Å². The van der Waals surface area contributed by atoms with Crippen LogP contribution in [0, 0.1) is 11.7 Å². The SMILES string of the molecule is CCC(C)C(NC)c1ccc(F)c2ccccc12. The van der Waals surface area contributed by atoms with E-state index in [-0.39, 0.29) is 11.9 Å². The molecule has 0 aliphatic heterocycles. The van der Waals surface area contributed by atoms with Crippen LogP contribution in [0.3, 0.4) is 0 Å². The molecule has 1 nitrogen and oxygen atoms in total. The lowest BCUT2D eigenvalue weighted by Crippen LogP contribution is -2.23. The molecule has 0 amide bonds. The van der Waals surface area contributed by atoms with Gasteiger partial charge < -0.3 is 5.32 Å². The topological polar surface area (TPSA) is 12.0 Å². The zero-order valence-corrected chi connectivity index (χ0v) is 11.2. The summed E-state index contributed by atoms with van der Waals surface area (Å²) in [5.74, 6) is 0.372. The molecule has 2 atom stereocenters. The van der Waals surface area contributed by atoms with Crippen LogP contribution in [-0.4, -0.2) is 7.05 Å². The maximum atomic E-state index is 13.8. The molecule has 0 aliphatic rings. The minimum absolute atomic E-state index is 0.145. The summed E-state index contributed by atoms with van der Waals surface area (Å²) in [6.07, 6.45) is 1.09. The van der Waals surface area contributed by atoms with Crippen molar-refractivity contribution in [3.05, 3.63) is 47.8 Å². The van der Waals surface area contributed by atoms with Gasteiger partial charge >= 0.3 is 0 Å². The van der Waals surface area contributed by atoms with E-state index in [1.54, 1.807) is 6.07 Å². The van der Waals surface area contributed by atoms with Crippen molar-refractivity contribution < 1.29 is 4.39 Å². The van der Waals surface area contributed by atoms with E-state index in [0.717, 1.165) is 11.8 Å². The summed E-state index contributed by atoms with van der Waals surface area (Å²) in [7, 11) is 1.97. The Bertz CT molecular complexity index is 536. The predicted molar refractivity (Wildman–Crippen MR) is 75.2 cm³/mol. The van der Waals surface area contributed by atoms with Crippen LogP contribution in [0.25, 0.3) is 10.8 Å². The fourth-order valence-electron chi connectivity index (χ4n) is 2.54. The molecule has 18 heavy (non-hydrogen) atoms. The highest BCUT2D eigenvalue weighted by Gasteiger charge is 2.18. The highest BCUT2D eigenvalue weighted by molar-refractivity contribution is 5.86. The van der Waals surface area contributed by atoms with E-state index in [1.807, 2.05) is 37.4 Å². The summed E-state index contributed by atoms with van der Waals surface area (Å²) in [6, 6.07) is 11.4. The van der Waals surface area contributed by atoms with Crippen LogP contribution < -0.4 is 5.32 Å². The lowest BCUT2D eigenvalue weighted by Gasteiger charge is -2.24. The molecule has 0 bridgehead atoms. The van der Waals surface area contributed by atoms with E-state index < -0.39 is 0 Å². The lowest BCUT2D eigenvalue weighted by molar-refractivity contribution is 0.402. The van der Waals surface area contributed by atoms with E-state index in [9.17, 15) is 4.39 Å². The highest BCUT2D eigenvalue weighted by Crippen LogP contribution is 2.31. The van der Waals surface area contributed by atoms with Crippen LogP contribution in [0.1, 0.15) is 31.9 Å². The Kier molecular flexibility index (Phi) is 3.97. The van der Waals surface area contributed by atoms with Gasteiger partial charge in [-0.05, 0) is 30.0 Å². The third-order valence-corrected chi connectivity index (χ3v) is 3.76. The molecule has 0 saturated heterocycles. The zero-order valence-electron chi connectivity index (χ0n) is 11.2. The van der Waals surface area contributed by atoms with Gasteiger partial charge in [0.05, 0.1) is 0 Å².